The first kappa shape index (κ1) is 18.7. The molecule has 2 heterocycles. The summed E-state index contributed by atoms with van der Waals surface area (Å²) >= 11 is 0. The molecule has 7 heteroatoms. The van der Waals surface area contributed by atoms with Crippen LogP contribution in [-0.2, 0) is 0 Å². The molecule has 1 amide bonds. The predicted molar refractivity (Wildman–Crippen MR) is 104 cm³/mol. The predicted octanol–water partition coefficient (Wildman–Crippen LogP) is 2.33. The van der Waals surface area contributed by atoms with Crippen molar-refractivity contribution in [2.45, 2.75) is 33.7 Å². The molecule has 0 spiro atoms. The SMILES string of the molecule is Cc1ccc(C(N)CNC(=O)c2cn(-c3nc(C)cc(C)n3)nc2C)cc1. The number of rotatable bonds is 5. The van der Waals surface area contributed by atoms with E-state index in [-0.39, 0.29) is 11.9 Å². The molecular formula is C20H24N6O. The fraction of sp³-hybridized carbons (Fsp3) is 0.300. The molecule has 0 fully saturated rings. The molecule has 27 heavy (non-hydrogen) atoms. The molecule has 0 aliphatic carbocycles. The van der Waals surface area contributed by atoms with Gasteiger partial charge in [0.2, 0.25) is 0 Å². The third-order valence-electron chi connectivity index (χ3n) is 4.31. The average Bonchev–Trinajstić information content (AvgIpc) is 3.01. The van der Waals surface area contributed by atoms with Crippen molar-refractivity contribution in [3.05, 3.63) is 70.3 Å². The van der Waals surface area contributed by atoms with Gasteiger partial charge in [-0.1, -0.05) is 29.8 Å². The highest BCUT2D eigenvalue weighted by Crippen LogP contribution is 2.13. The Morgan fingerprint density at radius 2 is 1.74 bits per heavy atom. The topological polar surface area (TPSA) is 98.7 Å². The van der Waals surface area contributed by atoms with Gasteiger partial charge >= 0.3 is 0 Å². The number of hydrogen-bond acceptors (Lipinski definition) is 5. The van der Waals surface area contributed by atoms with Crippen LogP contribution < -0.4 is 11.1 Å². The van der Waals surface area contributed by atoms with Gasteiger partial charge in [-0.15, -0.1) is 0 Å². The molecule has 0 aliphatic heterocycles. The number of nitrogens with one attached hydrogen (secondary N) is 1. The minimum atomic E-state index is -0.271. The highest BCUT2D eigenvalue weighted by molar-refractivity contribution is 5.95. The normalized spacial score (nSPS) is 12.0. The van der Waals surface area contributed by atoms with E-state index in [1.165, 1.54) is 10.2 Å². The van der Waals surface area contributed by atoms with Gasteiger partial charge in [-0.25, -0.2) is 14.6 Å². The van der Waals surface area contributed by atoms with E-state index in [4.69, 9.17) is 5.73 Å². The maximum atomic E-state index is 12.6. The Hall–Kier alpha value is -3.06. The summed E-state index contributed by atoms with van der Waals surface area (Å²) in [6.07, 6.45) is 1.65. The van der Waals surface area contributed by atoms with Crippen molar-refractivity contribution in [2.75, 3.05) is 6.54 Å². The molecule has 0 saturated heterocycles. The van der Waals surface area contributed by atoms with Crippen LogP contribution in [-0.4, -0.2) is 32.2 Å². The number of nitrogens with two attached hydrogens (primary N) is 1. The third-order valence-corrected chi connectivity index (χ3v) is 4.31. The average molecular weight is 364 g/mol. The van der Waals surface area contributed by atoms with E-state index in [2.05, 4.69) is 20.4 Å². The van der Waals surface area contributed by atoms with Gasteiger partial charge in [-0.05, 0) is 39.3 Å². The number of nitrogens with zero attached hydrogens (tertiary/aromatic N) is 4. The quantitative estimate of drug-likeness (QED) is 0.724. The van der Waals surface area contributed by atoms with Crippen molar-refractivity contribution in [2.24, 2.45) is 5.73 Å². The van der Waals surface area contributed by atoms with Crippen molar-refractivity contribution in [3.63, 3.8) is 0 Å². The lowest BCUT2D eigenvalue weighted by Crippen LogP contribution is -2.32. The van der Waals surface area contributed by atoms with E-state index in [9.17, 15) is 4.79 Å². The maximum absolute atomic E-state index is 12.6. The Bertz CT molecular complexity index is 941. The van der Waals surface area contributed by atoms with Crippen LogP contribution in [0.3, 0.4) is 0 Å². The molecule has 7 nitrogen and oxygen atoms in total. The van der Waals surface area contributed by atoms with Crippen LogP contribution in [0.5, 0.6) is 0 Å². The zero-order valence-corrected chi connectivity index (χ0v) is 16.0. The van der Waals surface area contributed by atoms with Crippen LogP contribution in [0.2, 0.25) is 0 Å². The summed E-state index contributed by atoms with van der Waals surface area (Å²) in [5.74, 6) is 0.233. The molecule has 1 atom stereocenters. The number of carbonyl (C=O) groups is 1. The van der Waals surface area contributed by atoms with E-state index in [0.29, 0.717) is 23.8 Å². The van der Waals surface area contributed by atoms with Crippen LogP contribution in [0, 0.1) is 27.7 Å². The van der Waals surface area contributed by atoms with Crippen LogP contribution in [0.4, 0.5) is 0 Å². The van der Waals surface area contributed by atoms with Gasteiger partial charge in [0.25, 0.3) is 11.9 Å². The maximum Gasteiger partial charge on any atom is 0.254 e. The van der Waals surface area contributed by atoms with Gasteiger partial charge in [0.05, 0.1) is 11.3 Å². The minimum Gasteiger partial charge on any atom is -0.350 e. The van der Waals surface area contributed by atoms with Gasteiger partial charge < -0.3 is 11.1 Å². The molecule has 1 unspecified atom stereocenters. The lowest BCUT2D eigenvalue weighted by atomic mass is 10.1. The van der Waals surface area contributed by atoms with Crippen molar-refractivity contribution in [1.82, 2.24) is 25.1 Å². The summed E-state index contributed by atoms with van der Waals surface area (Å²) in [4.78, 5) is 21.3. The van der Waals surface area contributed by atoms with Crippen LogP contribution in [0.25, 0.3) is 5.95 Å². The summed E-state index contributed by atoms with van der Waals surface area (Å²) in [5.41, 5.74) is 11.1. The van der Waals surface area contributed by atoms with Crippen molar-refractivity contribution >= 4 is 5.91 Å². The Kier molecular flexibility index (Phi) is 5.32. The largest absolute Gasteiger partial charge is 0.350 e. The summed E-state index contributed by atoms with van der Waals surface area (Å²) in [5, 5.41) is 7.26. The van der Waals surface area contributed by atoms with Crippen molar-refractivity contribution in [1.29, 1.82) is 0 Å². The Labute approximate surface area is 158 Å². The van der Waals surface area contributed by atoms with E-state index in [1.54, 1.807) is 13.1 Å². The molecule has 3 aromatic rings. The summed E-state index contributed by atoms with van der Waals surface area (Å²) in [7, 11) is 0. The van der Waals surface area contributed by atoms with E-state index < -0.39 is 0 Å². The molecule has 3 N–H and O–H groups in total. The monoisotopic (exact) mass is 364 g/mol. The molecule has 2 aromatic heterocycles. The lowest BCUT2D eigenvalue weighted by Gasteiger charge is -2.13. The highest BCUT2D eigenvalue weighted by atomic mass is 16.1. The van der Waals surface area contributed by atoms with Crippen molar-refractivity contribution in [3.8, 4) is 5.95 Å². The van der Waals surface area contributed by atoms with E-state index in [0.717, 1.165) is 17.0 Å². The van der Waals surface area contributed by atoms with Gasteiger partial charge in [0.15, 0.2) is 0 Å². The third kappa shape index (κ3) is 4.38. The van der Waals surface area contributed by atoms with Gasteiger partial charge in [0.1, 0.15) is 0 Å². The Balaban J connectivity index is 1.71. The molecule has 1 aromatic carbocycles. The second-order valence-corrected chi connectivity index (χ2v) is 6.75. The summed E-state index contributed by atoms with van der Waals surface area (Å²) in [6, 6.07) is 9.59. The van der Waals surface area contributed by atoms with Crippen LogP contribution >= 0.6 is 0 Å². The summed E-state index contributed by atoms with van der Waals surface area (Å²) < 4.78 is 1.53. The van der Waals surface area contributed by atoms with Crippen molar-refractivity contribution < 1.29 is 4.79 Å². The van der Waals surface area contributed by atoms with E-state index >= 15 is 0 Å². The highest BCUT2D eigenvalue weighted by Gasteiger charge is 2.16. The van der Waals surface area contributed by atoms with Gasteiger partial charge in [-0.3, -0.25) is 4.79 Å². The summed E-state index contributed by atoms with van der Waals surface area (Å²) in [6.45, 7) is 7.95. The molecular weight excluding hydrogens is 340 g/mol. The van der Waals surface area contributed by atoms with Crippen LogP contribution in [0.15, 0.2) is 36.5 Å². The Morgan fingerprint density at radius 3 is 2.37 bits per heavy atom. The molecule has 0 bridgehead atoms. The van der Waals surface area contributed by atoms with Gasteiger partial charge in [0, 0.05) is 30.2 Å². The smallest absolute Gasteiger partial charge is 0.254 e. The minimum absolute atomic E-state index is 0.217. The van der Waals surface area contributed by atoms with E-state index in [1.807, 2.05) is 51.1 Å². The van der Waals surface area contributed by atoms with Gasteiger partial charge in [-0.2, -0.15) is 5.10 Å². The number of benzene rings is 1. The first-order chi connectivity index (χ1) is 12.8. The molecule has 0 saturated carbocycles. The van der Waals surface area contributed by atoms with Crippen LogP contribution in [0.1, 0.15) is 44.6 Å². The number of hydrogen-bond donors (Lipinski definition) is 2. The molecule has 140 valence electrons. The molecule has 3 rings (SSSR count). The second kappa shape index (κ2) is 7.67. The first-order valence-corrected chi connectivity index (χ1v) is 8.83. The number of carbonyl (C=O) groups excluding carboxylic acids is 1. The number of aromatic nitrogens is 4. The first-order valence-electron chi connectivity index (χ1n) is 8.83. The second-order valence-electron chi connectivity index (χ2n) is 6.75. The zero-order valence-electron chi connectivity index (χ0n) is 16.0. The number of amides is 1. The standard InChI is InChI=1S/C20H24N6O/c1-12-5-7-16(8-6-12)18(21)10-22-19(27)17-11-26(25-15(17)4)20-23-13(2)9-14(3)24-20/h5-9,11,18H,10,21H2,1-4H3,(H,22,27). The molecule has 0 radical (unpaired) electrons. The fourth-order valence-corrected chi connectivity index (χ4v) is 2.82. The fourth-order valence-electron chi connectivity index (χ4n) is 2.82. The number of aryl methyl sites for hydroxylation is 4. The Morgan fingerprint density at radius 1 is 1.11 bits per heavy atom. The molecule has 0 aliphatic rings. The lowest BCUT2D eigenvalue weighted by molar-refractivity contribution is 0.0950. The zero-order chi connectivity index (χ0) is 19.6.